The molecule has 0 aliphatic rings. The highest BCUT2D eigenvalue weighted by Crippen LogP contribution is 2.04. The molecule has 0 aliphatic heterocycles. The molecule has 60 valence electrons. The molecule has 0 aromatic heterocycles. The molecule has 0 rings (SSSR count). The lowest BCUT2D eigenvalue weighted by molar-refractivity contribution is 1.54. The van der Waals surface area contributed by atoms with Gasteiger partial charge in [-0.05, 0) is 24.7 Å². The number of hydrogen-bond donors (Lipinski definition) is 0. The summed E-state index contributed by atoms with van der Waals surface area (Å²) in [7, 11) is 0. The molecule has 0 saturated carbocycles. The minimum Gasteiger partial charge on any atom is -0.106 e. The number of rotatable bonds is 4. The molecule has 11 heavy (non-hydrogen) atoms. The van der Waals surface area contributed by atoms with Gasteiger partial charge in [0.1, 0.15) is 0 Å². The third-order valence-electron chi connectivity index (χ3n) is 1.05. The van der Waals surface area contributed by atoms with Crippen molar-refractivity contribution in [2.45, 2.75) is 13.8 Å². The van der Waals surface area contributed by atoms with E-state index in [4.69, 9.17) is 0 Å². The first kappa shape index (κ1) is 10.3. The second-order valence-corrected chi connectivity index (χ2v) is 2.87. The molecule has 0 heterocycles. The van der Waals surface area contributed by atoms with Gasteiger partial charge in [0.2, 0.25) is 0 Å². The van der Waals surface area contributed by atoms with Crippen LogP contribution in [0.4, 0.5) is 0 Å². The van der Waals surface area contributed by atoms with Gasteiger partial charge < -0.3 is 0 Å². The highest BCUT2D eigenvalue weighted by Gasteiger charge is 1.73. The van der Waals surface area contributed by atoms with Crippen LogP contribution >= 0.6 is 11.8 Å². The zero-order chi connectivity index (χ0) is 8.53. The van der Waals surface area contributed by atoms with E-state index in [9.17, 15) is 0 Å². The minimum atomic E-state index is 1.18. The molecule has 0 fully saturated rings. The first-order chi connectivity index (χ1) is 5.31. The third-order valence-corrected chi connectivity index (χ3v) is 1.80. The van der Waals surface area contributed by atoms with Crippen molar-refractivity contribution in [1.29, 1.82) is 0 Å². The Morgan fingerprint density at radius 3 is 2.64 bits per heavy atom. The van der Waals surface area contributed by atoms with Crippen LogP contribution in [-0.4, -0.2) is 0 Å². The van der Waals surface area contributed by atoms with Gasteiger partial charge in [-0.3, -0.25) is 0 Å². The Morgan fingerprint density at radius 1 is 1.36 bits per heavy atom. The van der Waals surface area contributed by atoms with Gasteiger partial charge in [0.25, 0.3) is 0 Å². The van der Waals surface area contributed by atoms with Crippen molar-refractivity contribution in [3.8, 4) is 0 Å². The molecule has 0 radical (unpaired) electrons. The summed E-state index contributed by atoms with van der Waals surface area (Å²) in [6.07, 6.45) is 7.90. The summed E-state index contributed by atoms with van der Waals surface area (Å²) in [4.78, 5) is 0. The number of hydrogen-bond acceptors (Lipinski definition) is 1. The zero-order valence-corrected chi connectivity index (χ0v) is 7.90. The molecule has 1 heteroatoms. The van der Waals surface area contributed by atoms with Gasteiger partial charge in [0, 0.05) is 0 Å². The van der Waals surface area contributed by atoms with Gasteiger partial charge in [-0.25, -0.2) is 0 Å². The zero-order valence-electron chi connectivity index (χ0n) is 7.08. The highest BCUT2D eigenvalue weighted by atomic mass is 32.2. The van der Waals surface area contributed by atoms with Crippen molar-refractivity contribution >= 4 is 11.8 Å². The second kappa shape index (κ2) is 7.42. The summed E-state index contributed by atoms with van der Waals surface area (Å²) in [6, 6.07) is 0. The molecule has 0 N–H and O–H groups in total. The smallest absolute Gasteiger partial charge is 0.0248 e. The van der Waals surface area contributed by atoms with E-state index in [0.29, 0.717) is 0 Å². The monoisotopic (exact) mass is 166 g/mol. The second-order valence-electron chi connectivity index (χ2n) is 2.05. The summed E-state index contributed by atoms with van der Waals surface area (Å²) < 4.78 is 0. The normalized spacial score (nSPS) is 13.1. The van der Waals surface area contributed by atoms with Gasteiger partial charge in [-0.1, -0.05) is 36.5 Å². The van der Waals surface area contributed by atoms with E-state index in [0.717, 1.165) is 0 Å². The van der Waals surface area contributed by atoms with Gasteiger partial charge in [0.05, 0.1) is 0 Å². The van der Waals surface area contributed by atoms with Crippen LogP contribution < -0.4 is 0 Å². The van der Waals surface area contributed by atoms with Crippen molar-refractivity contribution in [3.05, 3.63) is 47.3 Å². The van der Waals surface area contributed by atoms with E-state index in [1.807, 2.05) is 49.0 Å². The molecule has 0 spiro atoms. The summed E-state index contributed by atoms with van der Waals surface area (Å²) >= 11 is 1.67. The third kappa shape index (κ3) is 7.20. The van der Waals surface area contributed by atoms with E-state index in [2.05, 4.69) is 6.58 Å². The Hall–Kier alpha value is -0.690. The minimum absolute atomic E-state index is 1.18. The fourth-order valence-corrected chi connectivity index (χ4v) is 0.846. The molecule has 0 bridgehead atoms. The van der Waals surface area contributed by atoms with Crippen molar-refractivity contribution in [3.63, 3.8) is 0 Å². The molecular weight excluding hydrogens is 152 g/mol. The van der Waals surface area contributed by atoms with Crippen molar-refractivity contribution in [2.75, 3.05) is 0 Å². The van der Waals surface area contributed by atoms with E-state index in [-0.39, 0.29) is 0 Å². The van der Waals surface area contributed by atoms with E-state index >= 15 is 0 Å². The lowest BCUT2D eigenvalue weighted by Crippen LogP contribution is -1.60. The van der Waals surface area contributed by atoms with Crippen LogP contribution in [0.2, 0.25) is 0 Å². The van der Waals surface area contributed by atoms with Crippen LogP contribution in [0.25, 0.3) is 0 Å². The average molecular weight is 166 g/mol. The molecule has 0 amide bonds. The average Bonchev–Trinajstić information content (AvgIpc) is 2.04. The fourth-order valence-electron chi connectivity index (χ4n) is 0.428. The molecular formula is C10H14S. The predicted octanol–water partition coefficient (Wildman–Crippen LogP) is 3.90. The van der Waals surface area contributed by atoms with Gasteiger partial charge in [-0.15, -0.1) is 11.8 Å². The summed E-state index contributed by atoms with van der Waals surface area (Å²) in [6.45, 7) is 7.68. The van der Waals surface area contributed by atoms with Crippen LogP contribution in [0, 0.1) is 0 Å². The fraction of sp³-hybridized carbons (Fsp3) is 0.200. The topological polar surface area (TPSA) is 0 Å². The van der Waals surface area contributed by atoms with Crippen LogP contribution in [0.1, 0.15) is 13.8 Å². The number of allylic oxidation sites excluding steroid dienone is 5. The van der Waals surface area contributed by atoms with Crippen LogP contribution in [0.15, 0.2) is 47.3 Å². The maximum atomic E-state index is 3.65. The van der Waals surface area contributed by atoms with Crippen molar-refractivity contribution in [2.24, 2.45) is 0 Å². The molecule has 0 aromatic rings. The largest absolute Gasteiger partial charge is 0.106 e. The highest BCUT2D eigenvalue weighted by molar-refractivity contribution is 8.04. The van der Waals surface area contributed by atoms with Crippen molar-refractivity contribution < 1.29 is 0 Å². The Bertz CT molecular complexity index is 185. The molecule has 0 unspecified atom stereocenters. The van der Waals surface area contributed by atoms with Gasteiger partial charge in [0.15, 0.2) is 0 Å². The molecule has 0 aromatic carbocycles. The quantitative estimate of drug-likeness (QED) is 0.571. The summed E-state index contributed by atoms with van der Waals surface area (Å²) in [5.74, 6) is 0. The molecule has 0 nitrogen and oxygen atoms in total. The Balaban J connectivity index is 3.67. The van der Waals surface area contributed by atoms with E-state index in [1.54, 1.807) is 11.8 Å². The van der Waals surface area contributed by atoms with Gasteiger partial charge >= 0.3 is 0 Å². The molecule has 0 aliphatic carbocycles. The predicted molar refractivity (Wildman–Crippen MR) is 55.5 cm³/mol. The van der Waals surface area contributed by atoms with Crippen molar-refractivity contribution in [1.82, 2.24) is 0 Å². The first-order valence-electron chi connectivity index (χ1n) is 3.53. The maximum Gasteiger partial charge on any atom is -0.0248 e. The van der Waals surface area contributed by atoms with Crippen LogP contribution in [0.5, 0.6) is 0 Å². The lowest BCUT2D eigenvalue weighted by atomic mass is 10.3. The lowest BCUT2D eigenvalue weighted by Gasteiger charge is -1.83. The summed E-state index contributed by atoms with van der Waals surface area (Å²) in [5.41, 5.74) is 1.18. The Kier molecular flexibility index (Phi) is 6.95. The van der Waals surface area contributed by atoms with E-state index < -0.39 is 0 Å². The number of thioether (sulfide) groups is 1. The van der Waals surface area contributed by atoms with Crippen LogP contribution in [0.3, 0.4) is 0 Å². The maximum absolute atomic E-state index is 3.65. The summed E-state index contributed by atoms with van der Waals surface area (Å²) in [5, 5.41) is 4.07. The Morgan fingerprint density at radius 2 is 2.09 bits per heavy atom. The van der Waals surface area contributed by atoms with E-state index in [1.165, 1.54) is 5.57 Å². The molecule has 0 saturated heterocycles. The standard InChI is InChI=1S/C10H14S/c1-4-8-11-9-6-7-10(3)5-2/h4-9H,2H2,1,3H3/b8-4+,9-6+,10-7-. The first-order valence-corrected chi connectivity index (χ1v) is 4.48. The Labute approximate surface area is 73.4 Å². The molecule has 0 atom stereocenters. The SMILES string of the molecule is C=C/C(C)=C\C=C\S/C=C/C. The van der Waals surface area contributed by atoms with Crippen LogP contribution in [-0.2, 0) is 0 Å². The van der Waals surface area contributed by atoms with Gasteiger partial charge in [-0.2, -0.15) is 0 Å².